The fourth-order valence-corrected chi connectivity index (χ4v) is 1.66. The van der Waals surface area contributed by atoms with E-state index < -0.39 is 0 Å². The van der Waals surface area contributed by atoms with Crippen molar-refractivity contribution in [3.8, 4) is 5.75 Å². The van der Waals surface area contributed by atoms with E-state index in [2.05, 4.69) is 12.1 Å². The summed E-state index contributed by atoms with van der Waals surface area (Å²) in [5.74, 6) is 0.904. The first-order valence-corrected chi connectivity index (χ1v) is 4.66. The molecule has 2 nitrogen and oxygen atoms in total. The highest BCUT2D eigenvalue weighted by Gasteiger charge is 2.16. The van der Waals surface area contributed by atoms with Crippen molar-refractivity contribution in [3.05, 3.63) is 29.8 Å². The standard InChI is InChI=1S/C11H14O2/c1-12-10-6-4-9(5-7-10)11-3-2-8-13-11/h4-7,11H,2-3,8H2,1H3. The van der Waals surface area contributed by atoms with E-state index in [0.717, 1.165) is 18.8 Å². The minimum Gasteiger partial charge on any atom is -0.497 e. The Bertz CT molecular complexity index is 260. The predicted molar refractivity (Wildman–Crippen MR) is 50.9 cm³/mol. The molecule has 0 bridgehead atoms. The average molecular weight is 178 g/mol. The van der Waals surface area contributed by atoms with Gasteiger partial charge in [0.25, 0.3) is 0 Å². The maximum atomic E-state index is 5.57. The van der Waals surface area contributed by atoms with E-state index >= 15 is 0 Å². The van der Waals surface area contributed by atoms with Crippen molar-refractivity contribution in [2.75, 3.05) is 13.7 Å². The fraction of sp³-hybridized carbons (Fsp3) is 0.455. The molecule has 1 aromatic rings. The van der Waals surface area contributed by atoms with Crippen LogP contribution in [0.4, 0.5) is 0 Å². The van der Waals surface area contributed by atoms with Crippen molar-refractivity contribution < 1.29 is 9.47 Å². The fourth-order valence-electron chi connectivity index (χ4n) is 1.66. The number of methoxy groups -OCH3 is 1. The lowest BCUT2D eigenvalue weighted by molar-refractivity contribution is 0.112. The molecule has 0 amide bonds. The molecule has 2 heteroatoms. The van der Waals surface area contributed by atoms with E-state index in [9.17, 15) is 0 Å². The molecule has 1 heterocycles. The smallest absolute Gasteiger partial charge is 0.118 e. The van der Waals surface area contributed by atoms with Crippen LogP contribution in [0.2, 0.25) is 0 Å². The van der Waals surface area contributed by atoms with E-state index in [1.54, 1.807) is 7.11 Å². The molecule has 1 atom stereocenters. The number of hydrogen-bond donors (Lipinski definition) is 0. The Kier molecular flexibility index (Phi) is 2.50. The number of hydrogen-bond acceptors (Lipinski definition) is 2. The summed E-state index contributed by atoms with van der Waals surface area (Å²) in [6, 6.07) is 8.12. The van der Waals surface area contributed by atoms with E-state index in [4.69, 9.17) is 9.47 Å². The first kappa shape index (κ1) is 8.57. The zero-order chi connectivity index (χ0) is 9.10. The summed E-state index contributed by atoms with van der Waals surface area (Å²) >= 11 is 0. The SMILES string of the molecule is COc1ccc(C2CCCO2)cc1. The normalized spacial score (nSPS) is 21.8. The maximum Gasteiger partial charge on any atom is 0.118 e. The predicted octanol–water partition coefficient (Wildman–Crippen LogP) is 2.55. The van der Waals surface area contributed by atoms with Gasteiger partial charge in [-0.05, 0) is 30.5 Å². The second-order valence-corrected chi connectivity index (χ2v) is 3.27. The van der Waals surface area contributed by atoms with Crippen LogP contribution in [-0.4, -0.2) is 13.7 Å². The zero-order valence-electron chi connectivity index (χ0n) is 7.82. The second kappa shape index (κ2) is 3.79. The van der Waals surface area contributed by atoms with Gasteiger partial charge in [-0.3, -0.25) is 0 Å². The monoisotopic (exact) mass is 178 g/mol. The van der Waals surface area contributed by atoms with Crippen LogP contribution in [0.3, 0.4) is 0 Å². The molecule has 1 aliphatic rings. The van der Waals surface area contributed by atoms with Crippen molar-refractivity contribution >= 4 is 0 Å². The lowest BCUT2D eigenvalue weighted by Gasteiger charge is -2.09. The number of ether oxygens (including phenoxy) is 2. The van der Waals surface area contributed by atoms with Crippen LogP contribution in [0.25, 0.3) is 0 Å². The largest absolute Gasteiger partial charge is 0.497 e. The van der Waals surface area contributed by atoms with Crippen molar-refractivity contribution in [2.24, 2.45) is 0 Å². The molecule has 1 aromatic carbocycles. The van der Waals surface area contributed by atoms with Gasteiger partial charge in [-0.15, -0.1) is 0 Å². The average Bonchev–Trinajstić information content (AvgIpc) is 2.71. The summed E-state index contributed by atoms with van der Waals surface area (Å²) in [7, 11) is 1.68. The van der Waals surface area contributed by atoms with Gasteiger partial charge in [0.05, 0.1) is 13.2 Å². The number of benzene rings is 1. The van der Waals surface area contributed by atoms with Crippen LogP contribution >= 0.6 is 0 Å². The van der Waals surface area contributed by atoms with Gasteiger partial charge in [0.1, 0.15) is 5.75 Å². The molecular weight excluding hydrogens is 164 g/mol. The van der Waals surface area contributed by atoms with Gasteiger partial charge in [0, 0.05) is 6.61 Å². The van der Waals surface area contributed by atoms with Gasteiger partial charge in [0.15, 0.2) is 0 Å². The van der Waals surface area contributed by atoms with Gasteiger partial charge in [0.2, 0.25) is 0 Å². The Balaban J connectivity index is 2.12. The second-order valence-electron chi connectivity index (χ2n) is 3.27. The molecule has 0 saturated carbocycles. The molecule has 0 N–H and O–H groups in total. The van der Waals surface area contributed by atoms with Crippen LogP contribution < -0.4 is 4.74 Å². The van der Waals surface area contributed by atoms with Crippen molar-refractivity contribution in [1.29, 1.82) is 0 Å². The van der Waals surface area contributed by atoms with Gasteiger partial charge in [-0.2, -0.15) is 0 Å². The van der Waals surface area contributed by atoms with E-state index in [0.29, 0.717) is 6.10 Å². The van der Waals surface area contributed by atoms with Crippen LogP contribution in [0.15, 0.2) is 24.3 Å². The topological polar surface area (TPSA) is 18.5 Å². The Labute approximate surface area is 78.5 Å². The van der Waals surface area contributed by atoms with E-state index in [-0.39, 0.29) is 0 Å². The molecule has 2 rings (SSSR count). The Hall–Kier alpha value is -1.02. The summed E-state index contributed by atoms with van der Waals surface area (Å²) < 4.78 is 10.7. The van der Waals surface area contributed by atoms with Crippen LogP contribution in [0.5, 0.6) is 5.75 Å². The van der Waals surface area contributed by atoms with E-state index in [1.807, 2.05) is 12.1 Å². The lowest BCUT2D eigenvalue weighted by Crippen LogP contribution is -1.95. The van der Waals surface area contributed by atoms with Crippen molar-refractivity contribution in [2.45, 2.75) is 18.9 Å². The highest BCUT2D eigenvalue weighted by molar-refractivity contribution is 5.28. The summed E-state index contributed by atoms with van der Waals surface area (Å²) in [6.07, 6.45) is 2.63. The Morgan fingerprint density at radius 1 is 1.31 bits per heavy atom. The molecule has 1 fully saturated rings. The lowest BCUT2D eigenvalue weighted by atomic mass is 10.1. The highest BCUT2D eigenvalue weighted by Crippen LogP contribution is 2.29. The first-order chi connectivity index (χ1) is 6.40. The molecular formula is C11H14O2. The minimum atomic E-state index is 0.311. The van der Waals surface area contributed by atoms with Gasteiger partial charge in [-0.1, -0.05) is 12.1 Å². The van der Waals surface area contributed by atoms with Crippen LogP contribution in [0, 0.1) is 0 Å². The third-order valence-corrected chi connectivity index (χ3v) is 2.42. The molecule has 0 aliphatic carbocycles. The van der Waals surface area contributed by atoms with E-state index in [1.165, 1.54) is 12.0 Å². The first-order valence-electron chi connectivity index (χ1n) is 4.66. The Morgan fingerprint density at radius 2 is 2.08 bits per heavy atom. The summed E-state index contributed by atoms with van der Waals surface area (Å²) in [5.41, 5.74) is 1.26. The zero-order valence-corrected chi connectivity index (χ0v) is 7.82. The molecule has 1 saturated heterocycles. The maximum absolute atomic E-state index is 5.57. The van der Waals surface area contributed by atoms with Crippen LogP contribution in [-0.2, 0) is 4.74 Å². The molecule has 0 spiro atoms. The molecule has 1 aliphatic heterocycles. The van der Waals surface area contributed by atoms with Gasteiger partial charge >= 0.3 is 0 Å². The molecule has 13 heavy (non-hydrogen) atoms. The molecule has 0 aromatic heterocycles. The quantitative estimate of drug-likeness (QED) is 0.692. The summed E-state index contributed by atoms with van der Waals surface area (Å²) in [6.45, 7) is 0.899. The third kappa shape index (κ3) is 1.83. The minimum absolute atomic E-state index is 0.311. The molecule has 0 radical (unpaired) electrons. The van der Waals surface area contributed by atoms with Gasteiger partial charge < -0.3 is 9.47 Å². The van der Waals surface area contributed by atoms with Crippen molar-refractivity contribution in [3.63, 3.8) is 0 Å². The van der Waals surface area contributed by atoms with Gasteiger partial charge in [-0.25, -0.2) is 0 Å². The van der Waals surface area contributed by atoms with Crippen molar-refractivity contribution in [1.82, 2.24) is 0 Å². The summed E-state index contributed by atoms with van der Waals surface area (Å²) in [4.78, 5) is 0. The third-order valence-electron chi connectivity index (χ3n) is 2.42. The highest BCUT2D eigenvalue weighted by atomic mass is 16.5. The molecule has 70 valence electrons. The Morgan fingerprint density at radius 3 is 2.62 bits per heavy atom. The van der Waals surface area contributed by atoms with Crippen LogP contribution in [0.1, 0.15) is 24.5 Å². The molecule has 1 unspecified atom stereocenters. The number of rotatable bonds is 2. The summed E-state index contributed by atoms with van der Waals surface area (Å²) in [5, 5.41) is 0.